The van der Waals surface area contributed by atoms with Crippen molar-refractivity contribution in [2.24, 2.45) is 0 Å². The van der Waals surface area contributed by atoms with Gasteiger partial charge in [-0.15, -0.1) is 0 Å². The summed E-state index contributed by atoms with van der Waals surface area (Å²) in [7, 11) is 0. The molecule has 0 saturated carbocycles. The zero-order valence-corrected chi connectivity index (χ0v) is 13.9. The number of hydrogen-bond donors (Lipinski definition) is 1. The first-order valence-corrected chi connectivity index (χ1v) is 8.57. The van der Waals surface area contributed by atoms with Crippen LogP contribution in [-0.2, 0) is 0 Å². The highest BCUT2D eigenvalue weighted by Gasteiger charge is 2.20. The molecule has 1 saturated heterocycles. The molecule has 5 nitrogen and oxygen atoms in total. The SMILES string of the molecule is OC1CCN(c2cc(-c3ccncc3)nc(-c3ccccc3)n2)CC1. The maximum Gasteiger partial charge on any atom is 0.162 e. The van der Waals surface area contributed by atoms with Crippen molar-refractivity contribution >= 4 is 5.82 Å². The molecule has 0 radical (unpaired) electrons. The summed E-state index contributed by atoms with van der Waals surface area (Å²) in [5.41, 5.74) is 2.90. The van der Waals surface area contributed by atoms with Gasteiger partial charge in [-0.05, 0) is 25.0 Å². The van der Waals surface area contributed by atoms with Crippen molar-refractivity contribution in [1.82, 2.24) is 15.0 Å². The second-order valence-electron chi connectivity index (χ2n) is 6.26. The predicted octanol–water partition coefficient (Wildman–Crippen LogP) is 3.17. The van der Waals surface area contributed by atoms with Crippen molar-refractivity contribution in [3.05, 3.63) is 60.9 Å². The number of benzene rings is 1. The Labute approximate surface area is 147 Å². The Kier molecular flexibility index (Phi) is 4.39. The van der Waals surface area contributed by atoms with Crippen LogP contribution in [0.3, 0.4) is 0 Å². The van der Waals surface area contributed by atoms with Gasteiger partial charge in [-0.3, -0.25) is 4.98 Å². The number of rotatable bonds is 3. The lowest BCUT2D eigenvalue weighted by Crippen LogP contribution is -2.36. The van der Waals surface area contributed by atoms with Crippen LogP contribution in [0.5, 0.6) is 0 Å². The standard InChI is InChI=1S/C20H20N4O/c25-17-8-12-24(13-9-17)19-14-18(15-6-10-21-11-7-15)22-20(23-19)16-4-2-1-3-5-16/h1-7,10-11,14,17,25H,8-9,12-13H2. The van der Waals surface area contributed by atoms with Crippen LogP contribution in [0.1, 0.15) is 12.8 Å². The van der Waals surface area contributed by atoms with Crippen molar-refractivity contribution in [3.63, 3.8) is 0 Å². The zero-order chi connectivity index (χ0) is 17.1. The predicted molar refractivity (Wildman–Crippen MR) is 98.2 cm³/mol. The highest BCUT2D eigenvalue weighted by molar-refractivity contribution is 5.67. The molecule has 3 aromatic rings. The van der Waals surface area contributed by atoms with E-state index < -0.39 is 0 Å². The minimum absolute atomic E-state index is 0.202. The first-order chi connectivity index (χ1) is 12.3. The van der Waals surface area contributed by atoms with Crippen LogP contribution < -0.4 is 4.90 Å². The van der Waals surface area contributed by atoms with E-state index in [-0.39, 0.29) is 6.10 Å². The molecule has 0 bridgehead atoms. The molecule has 4 rings (SSSR count). The van der Waals surface area contributed by atoms with Crippen molar-refractivity contribution in [2.45, 2.75) is 18.9 Å². The van der Waals surface area contributed by atoms with E-state index in [1.807, 2.05) is 48.5 Å². The summed E-state index contributed by atoms with van der Waals surface area (Å²) < 4.78 is 0. The molecule has 0 amide bonds. The van der Waals surface area contributed by atoms with E-state index >= 15 is 0 Å². The van der Waals surface area contributed by atoms with Gasteiger partial charge in [0.25, 0.3) is 0 Å². The lowest BCUT2D eigenvalue weighted by molar-refractivity contribution is 0.145. The van der Waals surface area contributed by atoms with Gasteiger partial charge in [-0.1, -0.05) is 30.3 Å². The normalized spacial score (nSPS) is 15.3. The van der Waals surface area contributed by atoms with Crippen LogP contribution in [0.15, 0.2) is 60.9 Å². The summed E-state index contributed by atoms with van der Waals surface area (Å²) in [5, 5.41) is 9.77. The Morgan fingerprint density at radius 3 is 2.32 bits per heavy atom. The van der Waals surface area contributed by atoms with Gasteiger partial charge >= 0.3 is 0 Å². The summed E-state index contributed by atoms with van der Waals surface area (Å²) in [4.78, 5) is 15.9. The van der Waals surface area contributed by atoms with E-state index in [2.05, 4.69) is 9.88 Å². The molecule has 2 aromatic heterocycles. The third kappa shape index (κ3) is 3.51. The molecular formula is C20H20N4O. The summed E-state index contributed by atoms with van der Waals surface area (Å²) in [6, 6.07) is 16.0. The van der Waals surface area contributed by atoms with Crippen LogP contribution >= 0.6 is 0 Å². The van der Waals surface area contributed by atoms with Crippen molar-refractivity contribution in [3.8, 4) is 22.6 Å². The second-order valence-corrected chi connectivity index (χ2v) is 6.26. The van der Waals surface area contributed by atoms with Crippen molar-refractivity contribution in [1.29, 1.82) is 0 Å². The molecule has 5 heteroatoms. The van der Waals surface area contributed by atoms with Crippen molar-refractivity contribution < 1.29 is 5.11 Å². The minimum atomic E-state index is -0.202. The van der Waals surface area contributed by atoms with Gasteiger partial charge in [0.2, 0.25) is 0 Å². The van der Waals surface area contributed by atoms with E-state index in [1.165, 1.54) is 0 Å². The van der Waals surface area contributed by atoms with Gasteiger partial charge in [-0.25, -0.2) is 9.97 Å². The first-order valence-electron chi connectivity index (χ1n) is 8.57. The summed E-state index contributed by atoms with van der Waals surface area (Å²) >= 11 is 0. The third-order valence-corrected chi connectivity index (χ3v) is 4.51. The average Bonchev–Trinajstić information content (AvgIpc) is 2.69. The topological polar surface area (TPSA) is 62.1 Å². The molecular weight excluding hydrogens is 312 g/mol. The highest BCUT2D eigenvalue weighted by atomic mass is 16.3. The zero-order valence-electron chi connectivity index (χ0n) is 13.9. The average molecular weight is 332 g/mol. The van der Waals surface area contributed by atoms with E-state index in [1.54, 1.807) is 12.4 Å². The number of pyridine rings is 1. The molecule has 1 aliphatic heterocycles. The number of aliphatic hydroxyl groups is 1. The summed E-state index contributed by atoms with van der Waals surface area (Å²) in [6.07, 6.45) is 4.89. The van der Waals surface area contributed by atoms with Crippen LogP contribution in [0.25, 0.3) is 22.6 Å². The highest BCUT2D eigenvalue weighted by Crippen LogP contribution is 2.27. The number of piperidine rings is 1. The Morgan fingerprint density at radius 2 is 1.60 bits per heavy atom. The van der Waals surface area contributed by atoms with E-state index in [0.717, 1.165) is 54.4 Å². The monoisotopic (exact) mass is 332 g/mol. The Balaban J connectivity index is 1.78. The minimum Gasteiger partial charge on any atom is -0.393 e. The number of hydrogen-bond acceptors (Lipinski definition) is 5. The first kappa shape index (κ1) is 15.7. The number of aliphatic hydroxyl groups excluding tert-OH is 1. The molecule has 0 aliphatic carbocycles. The number of aromatic nitrogens is 3. The summed E-state index contributed by atoms with van der Waals surface area (Å²) in [5.74, 6) is 1.63. The molecule has 1 aromatic carbocycles. The molecule has 25 heavy (non-hydrogen) atoms. The Hall–Kier alpha value is -2.79. The smallest absolute Gasteiger partial charge is 0.162 e. The lowest BCUT2D eigenvalue weighted by Gasteiger charge is -2.30. The van der Waals surface area contributed by atoms with Gasteiger partial charge in [0.15, 0.2) is 5.82 Å². The fourth-order valence-electron chi connectivity index (χ4n) is 3.08. The van der Waals surface area contributed by atoms with Gasteiger partial charge in [-0.2, -0.15) is 0 Å². The van der Waals surface area contributed by atoms with Gasteiger partial charge < -0.3 is 10.0 Å². The maximum absolute atomic E-state index is 9.77. The molecule has 1 N–H and O–H groups in total. The van der Waals surface area contributed by atoms with Gasteiger partial charge in [0.1, 0.15) is 5.82 Å². The van der Waals surface area contributed by atoms with Crippen LogP contribution in [0.4, 0.5) is 5.82 Å². The number of nitrogens with zero attached hydrogens (tertiary/aromatic N) is 4. The molecule has 0 atom stereocenters. The van der Waals surface area contributed by atoms with Crippen LogP contribution in [0, 0.1) is 0 Å². The van der Waals surface area contributed by atoms with E-state index in [4.69, 9.17) is 9.97 Å². The molecule has 0 spiro atoms. The van der Waals surface area contributed by atoms with E-state index in [9.17, 15) is 5.11 Å². The Bertz CT molecular complexity index is 773. The maximum atomic E-state index is 9.77. The third-order valence-electron chi connectivity index (χ3n) is 4.51. The molecule has 3 heterocycles. The summed E-state index contributed by atoms with van der Waals surface area (Å²) in [6.45, 7) is 1.62. The molecule has 0 unspecified atom stereocenters. The lowest BCUT2D eigenvalue weighted by atomic mass is 10.1. The van der Waals surface area contributed by atoms with Crippen molar-refractivity contribution in [2.75, 3.05) is 18.0 Å². The largest absolute Gasteiger partial charge is 0.393 e. The number of anilines is 1. The van der Waals surface area contributed by atoms with Gasteiger partial charge in [0.05, 0.1) is 11.8 Å². The molecule has 126 valence electrons. The van der Waals surface area contributed by atoms with E-state index in [0.29, 0.717) is 0 Å². The quantitative estimate of drug-likeness (QED) is 0.798. The fraction of sp³-hybridized carbons (Fsp3) is 0.250. The Morgan fingerprint density at radius 1 is 0.880 bits per heavy atom. The van der Waals surface area contributed by atoms with Crippen LogP contribution in [-0.4, -0.2) is 39.3 Å². The fourth-order valence-corrected chi connectivity index (χ4v) is 3.08. The van der Waals surface area contributed by atoms with Gasteiger partial charge in [0, 0.05) is 42.7 Å². The van der Waals surface area contributed by atoms with Crippen LogP contribution in [0.2, 0.25) is 0 Å². The molecule has 1 fully saturated rings. The second kappa shape index (κ2) is 6.99. The molecule has 1 aliphatic rings.